The second-order valence-electron chi connectivity index (χ2n) is 5.20. The van der Waals surface area contributed by atoms with Crippen molar-refractivity contribution in [2.45, 2.75) is 26.4 Å². The van der Waals surface area contributed by atoms with Crippen LogP contribution < -0.4 is 11.1 Å². The largest absolute Gasteiger partial charge is 0.353 e. The van der Waals surface area contributed by atoms with Crippen molar-refractivity contribution in [1.29, 1.82) is 0 Å². The number of rotatable bonds is 5. The summed E-state index contributed by atoms with van der Waals surface area (Å²) >= 11 is 0. The minimum Gasteiger partial charge on any atom is -0.353 e. The Hall–Kier alpha value is -1.90. The van der Waals surface area contributed by atoms with Gasteiger partial charge in [0.15, 0.2) is 0 Å². The average Bonchev–Trinajstić information content (AvgIpc) is 2.37. The molecule has 0 heterocycles. The van der Waals surface area contributed by atoms with Crippen LogP contribution in [0.5, 0.6) is 0 Å². The van der Waals surface area contributed by atoms with Crippen LogP contribution in [-0.2, 0) is 11.3 Å². The fourth-order valence-electron chi connectivity index (χ4n) is 1.91. The van der Waals surface area contributed by atoms with Crippen molar-refractivity contribution in [3.05, 3.63) is 35.1 Å². The number of halogens is 1. The number of benzene rings is 1. The first-order valence-corrected chi connectivity index (χ1v) is 6.87. The molecule has 0 unspecified atom stereocenters. The zero-order valence-electron chi connectivity index (χ0n) is 12.7. The normalized spacial score (nSPS) is 10.4. The van der Waals surface area contributed by atoms with Crippen molar-refractivity contribution in [3.8, 4) is 11.8 Å². The molecule has 0 aliphatic heterocycles. The Balaban J connectivity index is 2.75. The van der Waals surface area contributed by atoms with E-state index < -0.39 is 0 Å². The van der Waals surface area contributed by atoms with E-state index in [0.29, 0.717) is 12.1 Å². The molecule has 1 rings (SSSR count). The van der Waals surface area contributed by atoms with E-state index in [9.17, 15) is 9.18 Å². The summed E-state index contributed by atoms with van der Waals surface area (Å²) in [4.78, 5) is 13.6. The van der Waals surface area contributed by atoms with Gasteiger partial charge in [0.1, 0.15) is 5.82 Å². The van der Waals surface area contributed by atoms with E-state index in [1.165, 1.54) is 12.1 Å². The highest BCUT2D eigenvalue weighted by Gasteiger charge is 2.10. The Morgan fingerprint density at radius 3 is 2.81 bits per heavy atom. The van der Waals surface area contributed by atoms with Crippen LogP contribution in [0.3, 0.4) is 0 Å². The predicted molar refractivity (Wildman–Crippen MR) is 81.9 cm³/mol. The Morgan fingerprint density at radius 1 is 1.48 bits per heavy atom. The molecule has 0 bridgehead atoms. The van der Waals surface area contributed by atoms with Gasteiger partial charge in [-0.3, -0.25) is 9.69 Å². The summed E-state index contributed by atoms with van der Waals surface area (Å²) in [6, 6.07) is 4.58. The number of carbonyl (C=O) groups excluding carboxylic acids is 1. The van der Waals surface area contributed by atoms with Crippen molar-refractivity contribution in [3.63, 3.8) is 0 Å². The SMILES string of the molecule is CC(C)NC(=O)CN(C)Cc1ccc(F)cc1C#CCN. The zero-order valence-corrected chi connectivity index (χ0v) is 12.7. The molecule has 0 saturated carbocycles. The van der Waals surface area contributed by atoms with Gasteiger partial charge in [0.05, 0.1) is 13.1 Å². The molecular formula is C16H22FN3O. The van der Waals surface area contributed by atoms with E-state index in [4.69, 9.17) is 5.73 Å². The Morgan fingerprint density at radius 2 is 2.19 bits per heavy atom. The Kier molecular flexibility index (Phi) is 6.86. The highest BCUT2D eigenvalue weighted by atomic mass is 19.1. The van der Waals surface area contributed by atoms with Crippen LogP contribution in [-0.4, -0.2) is 37.0 Å². The van der Waals surface area contributed by atoms with Gasteiger partial charge in [-0.15, -0.1) is 0 Å². The van der Waals surface area contributed by atoms with Gasteiger partial charge in [-0.25, -0.2) is 4.39 Å². The van der Waals surface area contributed by atoms with E-state index in [2.05, 4.69) is 17.2 Å². The lowest BCUT2D eigenvalue weighted by atomic mass is 10.1. The van der Waals surface area contributed by atoms with Gasteiger partial charge in [0.2, 0.25) is 5.91 Å². The lowest BCUT2D eigenvalue weighted by molar-refractivity contribution is -0.122. The maximum Gasteiger partial charge on any atom is 0.234 e. The molecule has 0 aliphatic rings. The van der Waals surface area contributed by atoms with Gasteiger partial charge in [0, 0.05) is 18.2 Å². The zero-order chi connectivity index (χ0) is 15.8. The summed E-state index contributed by atoms with van der Waals surface area (Å²) in [7, 11) is 1.84. The molecule has 0 saturated heterocycles. The van der Waals surface area contributed by atoms with Gasteiger partial charge < -0.3 is 11.1 Å². The van der Waals surface area contributed by atoms with Gasteiger partial charge in [-0.2, -0.15) is 0 Å². The van der Waals surface area contributed by atoms with Crippen LogP contribution in [0.2, 0.25) is 0 Å². The van der Waals surface area contributed by atoms with E-state index in [-0.39, 0.29) is 30.9 Å². The molecule has 1 aromatic carbocycles. The van der Waals surface area contributed by atoms with Crippen molar-refractivity contribution in [1.82, 2.24) is 10.2 Å². The molecule has 0 aromatic heterocycles. The number of amides is 1. The summed E-state index contributed by atoms with van der Waals surface area (Å²) in [5, 5.41) is 2.83. The van der Waals surface area contributed by atoms with Gasteiger partial charge in [-0.05, 0) is 38.6 Å². The first kappa shape index (κ1) is 17.2. The molecule has 114 valence electrons. The number of nitrogens with one attached hydrogen (secondary N) is 1. The summed E-state index contributed by atoms with van der Waals surface area (Å²) < 4.78 is 13.3. The van der Waals surface area contributed by atoms with Crippen LogP contribution in [0.1, 0.15) is 25.0 Å². The molecular weight excluding hydrogens is 269 g/mol. The fraction of sp³-hybridized carbons (Fsp3) is 0.438. The average molecular weight is 291 g/mol. The molecule has 3 N–H and O–H groups in total. The summed E-state index contributed by atoms with van der Waals surface area (Å²) in [5.41, 5.74) is 6.83. The molecule has 0 aliphatic carbocycles. The molecule has 0 fully saturated rings. The predicted octanol–water partition coefficient (Wildman–Crippen LogP) is 1.09. The third-order valence-electron chi connectivity index (χ3n) is 2.70. The van der Waals surface area contributed by atoms with Crippen molar-refractivity contribution in [2.75, 3.05) is 20.1 Å². The van der Waals surface area contributed by atoms with E-state index in [0.717, 1.165) is 5.56 Å². The summed E-state index contributed by atoms with van der Waals surface area (Å²) in [5.74, 6) is 5.22. The number of nitrogens with zero attached hydrogens (tertiary/aromatic N) is 1. The minimum absolute atomic E-state index is 0.0378. The summed E-state index contributed by atoms with van der Waals surface area (Å²) in [6.07, 6.45) is 0. The minimum atomic E-state index is -0.333. The molecule has 21 heavy (non-hydrogen) atoms. The maximum absolute atomic E-state index is 13.3. The van der Waals surface area contributed by atoms with Crippen molar-refractivity contribution >= 4 is 5.91 Å². The summed E-state index contributed by atoms with van der Waals surface area (Å²) in [6.45, 7) is 4.85. The van der Waals surface area contributed by atoms with Gasteiger partial charge in [-0.1, -0.05) is 17.9 Å². The lowest BCUT2D eigenvalue weighted by Gasteiger charge is -2.18. The first-order chi connectivity index (χ1) is 9.92. The Labute approximate surface area is 125 Å². The third kappa shape index (κ3) is 6.39. The number of carbonyl (C=O) groups is 1. The van der Waals surface area contributed by atoms with Crippen molar-refractivity contribution in [2.24, 2.45) is 5.73 Å². The molecule has 4 nitrogen and oxygen atoms in total. The second-order valence-corrected chi connectivity index (χ2v) is 5.20. The molecule has 1 aromatic rings. The number of likely N-dealkylation sites (N-methyl/N-ethyl adjacent to an activating group) is 1. The first-order valence-electron chi connectivity index (χ1n) is 6.87. The monoisotopic (exact) mass is 291 g/mol. The quantitative estimate of drug-likeness (QED) is 0.799. The second kappa shape index (κ2) is 8.40. The highest BCUT2D eigenvalue weighted by Crippen LogP contribution is 2.12. The van der Waals surface area contributed by atoms with Crippen LogP contribution in [0.15, 0.2) is 18.2 Å². The number of hydrogen-bond acceptors (Lipinski definition) is 3. The lowest BCUT2D eigenvalue weighted by Crippen LogP contribution is -2.38. The van der Waals surface area contributed by atoms with Crippen molar-refractivity contribution < 1.29 is 9.18 Å². The number of hydrogen-bond donors (Lipinski definition) is 2. The topological polar surface area (TPSA) is 58.4 Å². The molecule has 0 radical (unpaired) electrons. The third-order valence-corrected chi connectivity index (χ3v) is 2.70. The maximum atomic E-state index is 13.3. The van der Waals surface area contributed by atoms with E-state index >= 15 is 0 Å². The standard InChI is InChI=1S/C16H22FN3O/c1-12(2)19-16(21)11-20(3)10-14-6-7-15(17)9-13(14)5-4-8-18/h6-7,9,12H,8,10-11,18H2,1-3H3,(H,19,21). The highest BCUT2D eigenvalue weighted by molar-refractivity contribution is 5.78. The van der Waals surface area contributed by atoms with E-state index in [1.54, 1.807) is 6.07 Å². The Bertz CT molecular complexity index is 546. The van der Waals surface area contributed by atoms with Crippen LogP contribution in [0.4, 0.5) is 4.39 Å². The van der Waals surface area contributed by atoms with Crippen LogP contribution >= 0.6 is 0 Å². The van der Waals surface area contributed by atoms with Crippen LogP contribution in [0, 0.1) is 17.7 Å². The number of nitrogens with two attached hydrogens (primary N) is 1. The molecule has 0 atom stereocenters. The fourth-order valence-corrected chi connectivity index (χ4v) is 1.91. The van der Waals surface area contributed by atoms with Gasteiger partial charge in [0.25, 0.3) is 0 Å². The van der Waals surface area contributed by atoms with E-state index in [1.807, 2.05) is 25.8 Å². The smallest absolute Gasteiger partial charge is 0.234 e. The molecule has 0 spiro atoms. The molecule has 5 heteroatoms. The van der Waals surface area contributed by atoms with Crippen LogP contribution in [0.25, 0.3) is 0 Å². The van der Waals surface area contributed by atoms with Gasteiger partial charge >= 0.3 is 0 Å². The molecule has 1 amide bonds.